The molecule has 0 spiro atoms. The van der Waals surface area contributed by atoms with Crippen LogP contribution >= 0.6 is 15.9 Å². The third-order valence-corrected chi connectivity index (χ3v) is 3.19. The van der Waals surface area contributed by atoms with E-state index < -0.39 is 11.2 Å². The number of carbonyl (C=O) groups excluding carboxylic acids is 1. The highest BCUT2D eigenvalue weighted by atomic mass is 79.9. The number of anilines is 1. The maximum absolute atomic E-state index is 13.6. The van der Waals surface area contributed by atoms with Crippen LogP contribution in [0.15, 0.2) is 16.6 Å². The Morgan fingerprint density at radius 1 is 1.43 bits per heavy atom. The van der Waals surface area contributed by atoms with Gasteiger partial charge in [-0.1, -0.05) is 6.07 Å². The Labute approximate surface area is 89.6 Å². The smallest absolute Gasteiger partial charge is 0.234 e. The van der Waals surface area contributed by atoms with Crippen LogP contribution in [-0.2, 0) is 10.2 Å². The second kappa shape index (κ2) is 2.79. The molecule has 1 aliphatic heterocycles. The standard InChI is InChI=1S/C10H9BrFNO/c1-10(2)5-3-4-6(11)7(12)8(5)13-9(10)14/h3-4H,1-2H3,(H,13,14). The Hall–Kier alpha value is -0.900. The zero-order chi connectivity index (χ0) is 10.5. The molecule has 0 radical (unpaired) electrons. The molecule has 1 heterocycles. The van der Waals surface area contributed by atoms with Crippen molar-refractivity contribution >= 4 is 27.5 Å². The lowest BCUT2D eigenvalue weighted by atomic mass is 9.86. The first-order valence-corrected chi connectivity index (χ1v) is 5.04. The van der Waals surface area contributed by atoms with E-state index in [-0.39, 0.29) is 5.91 Å². The van der Waals surface area contributed by atoms with Gasteiger partial charge in [0.2, 0.25) is 5.91 Å². The minimum Gasteiger partial charge on any atom is -0.323 e. The van der Waals surface area contributed by atoms with Crippen LogP contribution in [0.4, 0.5) is 10.1 Å². The summed E-state index contributed by atoms with van der Waals surface area (Å²) in [4.78, 5) is 11.5. The summed E-state index contributed by atoms with van der Waals surface area (Å²) in [5, 5.41) is 2.55. The number of halogens is 2. The molecule has 0 saturated carbocycles. The van der Waals surface area contributed by atoms with Gasteiger partial charge >= 0.3 is 0 Å². The number of carbonyl (C=O) groups is 1. The minimum atomic E-state index is -0.642. The average molecular weight is 258 g/mol. The highest BCUT2D eigenvalue weighted by Gasteiger charge is 2.40. The first-order valence-electron chi connectivity index (χ1n) is 4.24. The van der Waals surface area contributed by atoms with Crippen molar-refractivity contribution in [1.82, 2.24) is 0 Å². The molecule has 1 aliphatic rings. The van der Waals surface area contributed by atoms with E-state index >= 15 is 0 Å². The van der Waals surface area contributed by atoms with Crippen molar-refractivity contribution in [2.24, 2.45) is 0 Å². The van der Waals surface area contributed by atoms with Crippen molar-refractivity contribution in [3.8, 4) is 0 Å². The topological polar surface area (TPSA) is 29.1 Å². The van der Waals surface area contributed by atoms with E-state index in [4.69, 9.17) is 0 Å². The molecule has 0 saturated heterocycles. The van der Waals surface area contributed by atoms with E-state index in [0.29, 0.717) is 15.7 Å². The molecule has 0 atom stereocenters. The quantitative estimate of drug-likeness (QED) is 0.761. The van der Waals surface area contributed by atoms with E-state index in [1.165, 1.54) is 0 Å². The molecule has 0 aromatic heterocycles. The Bertz CT molecular complexity index is 428. The van der Waals surface area contributed by atoms with Gasteiger partial charge in [0, 0.05) is 0 Å². The number of rotatable bonds is 0. The van der Waals surface area contributed by atoms with E-state index in [2.05, 4.69) is 21.2 Å². The van der Waals surface area contributed by atoms with Gasteiger partial charge in [-0.15, -0.1) is 0 Å². The Morgan fingerprint density at radius 3 is 2.71 bits per heavy atom. The number of nitrogens with one attached hydrogen (secondary N) is 1. The van der Waals surface area contributed by atoms with Gasteiger partial charge in [0.05, 0.1) is 15.6 Å². The molecule has 0 unspecified atom stereocenters. The fraction of sp³-hybridized carbons (Fsp3) is 0.300. The van der Waals surface area contributed by atoms with Gasteiger partial charge in [0.1, 0.15) is 0 Å². The fourth-order valence-corrected chi connectivity index (χ4v) is 1.92. The minimum absolute atomic E-state index is 0.162. The summed E-state index contributed by atoms with van der Waals surface area (Å²) in [7, 11) is 0. The van der Waals surface area contributed by atoms with Crippen LogP contribution < -0.4 is 5.32 Å². The molecule has 2 nitrogen and oxygen atoms in total. The van der Waals surface area contributed by atoms with Crippen LogP contribution in [0.2, 0.25) is 0 Å². The van der Waals surface area contributed by atoms with Crippen molar-refractivity contribution in [3.05, 3.63) is 28.0 Å². The summed E-state index contributed by atoms with van der Waals surface area (Å²) in [6.45, 7) is 3.56. The van der Waals surface area contributed by atoms with Crippen LogP contribution in [0.5, 0.6) is 0 Å². The zero-order valence-corrected chi connectivity index (χ0v) is 9.40. The largest absolute Gasteiger partial charge is 0.323 e. The average Bonchev–Trinajstić information content (AvgIpc) is 2.33. The molecule has 1 aromatic carbocycles. The first-order chi connectivity index (χ1) is 6.44. The van der Waals surface area contributed by atoms with Crippen LogP contribution in [0, 0.1) is 5.82 Å². The summed E-state index contributed by atoms with van der Waals surface area (Å²) >= 11 is 3.08. The van der Waals surface area contributed by atoms with Gasteiger partial charge in [-0.25, -0.2) is 4.39 Å². The molecule has 2 rings (SSSR count). The van der Waals surface area contributed by atoms with Gasteiger partial charge in [-0.05, 0) is 41.4 Å². The van der Waals surface area contributed by atoms with Gasteiger partial charge in [-0.2, -0.15) is 0 Å². The van der Waals surface area contributed by atoms with Gasteiger partial charge in [-0.3, -0.25) is 4.79 Å². The molecular weight excluding hydrogens is 249 g/mol. The van der Waals surface area contributed by atoms with Crippen LogP contribution in [0.3, 0.4) is 0 Å². The van der Waals surface area contributed by atoms with E-state index in [1.54, 1.807) is 26.0 Å². The van der Waals surface area contributed by atoms with Gasteiger partial charge in [0.15, 0.2) is 5.82 Å². The van der Waals surface area contributed by atoms with Crippen molar-refractivity contribution in [3.63, 3.8) is 0 Å². The molecular formula is C10H9BrFNO. The van der Waals surface area contributed by atoms with Crippen molar-refractivity contribution in [1.29, 1.82) is 0 Å². The molecule has 1 aromatic rings. The lowest BCUT2D eigenvalue weighted by Gasteiger charge is -2.14. The summed E-state index contributed by atoms with van der Waals surface area (Å²) in [6.07, 6.45) is 0. The van der Waals surface area contributed by atoms with Crippen molar-refractivity contribution in [2.45, 2.75) is 19.3 Å². The molecule has 0 fully saturated rings. The molecule has 74 valence electrons. The summed E-state index contributed by atoms with van der Waals surface area (Å²) < 4.78 is 13.9. The normalized spacial score (nSPS) is 17.9. The summed E-state index contributed by atoms with van der Waals surface area (Å²) in [6, 6.07) is 3.39. The lowest BCUT2D eigenvalue weighted by Crippen LogP contribution is -2.26. The van der Waals surface area contributed by atoms with Gasteiger partial charge < -0.3 is 5.32 Å². The molecule has 0 aliphatic carbocycles. The second-order valence-electron chi connectivity index (χ2n) is 3.86. The summed E-state index contributed by atoms with van der Waals surface area (Å²) in [5.41, 5.74) is 0.370. The maximum atomic E-state index is 13.6. The second-order valence-corrected chi connectivity index (χ2v) is 4.72. The van der Waals surface area contributed by atoms with Crippen molar-refractivity contribution in [2.75, 3.05) is 5.32 Å². The third kappa shape index (κ3) is 1.10. The zero-order valence-electron chi connectivity index (χ0n) is 7.82. The number of amides is 1. The highest BCUT2D eigenvalue weighted by molar-refractivity contribution is 9.10. The van der Waals surface area contributed by atoms with Gasteiger partial charge in [0.25, 0.3) is 0 Å². The molecule has 4 heteroatoms. The van der Waals surface area contributed by atoms with E-state index in [1.807, 2.05) is 0 Å². The van der Waals surface area contributed by atoms with Crippen LogP contribution in [0.25, 0.3) is 0 Å². The number of hydrogen-bond acceptors (Lipinski definition) is 1. The lowest BCUT2D eigenvalue weighted by molar-refractivity contribution is -0.119. The monoisotopic (exact) mass is 257 g/mol. The van der Waals surface area contributed by atoms with Crippen LogP contribution in [-0.4, -0.2) is 5.91 Å². The highest BCUT2D eigenvalue weighted by Crippen LogP contribution is 2.40. The van der Waals surface area contributed by atoms with E-state index in [9.17, 15) is 9.18 Å². The first kappa shape index (κ1) is 9.65. The SMILES string of the molecule is CC1(C)C(=O)Nc2c1ccc(Br)c2F. The molecule has 14 heavy (non-hydrogen) atoms. The number of fused-ring (bicyclic) bond motifs is 1. The molecule has 1 amide bonds. The fourth-order valence-electron chi connectivity index (χ4n) is 1.59. The van der Waals surface area contributed by atoms with E-state index in [0.717, 1.165) is 0 Å². The van der Waals surface area contributed by atoms with Crippen LogP contribution in [0.1, 0.15) is 19.4 Å². The molecule has 1 N–H and O–H groups in total. The Balaban J connectivity index is 2.70. The molecule has 0 bridgehead atoms. The predicted molar refractivity (Wildman–Crippen MR) is 55.8 cm³/mol. The maximum Gasteiger partial charge on any atom is 0.234 e. The number of benzene rings is 1. The predicted octanol–water partition coefficient (Wildman–Crippen LogP) is 2.82. The van der Waals surface area contributed by atoms with Crippen molar-refractivity contribution < 1.29 is 9.18 Å². The summed E-state index contributed by atoms with van der Waals surface area (Å²) in [5.74, 6) is -0.564. The Kier molecular flexibility index (Phi) is 1.93. The Morgan fingerprint density at radius 2 is 2.07 bits per heavy atom. The third-order valence-electron chi connectivity index (χ3n) is 2.57. The number of hydrogen-bond donors (Lipinski definition) is 1.